The minimum absolute atomic E-state index is 0.308. The van der Waals surface area contributed by atoms with E-state index < -0.39 is 6.10 Å². The third kappa shape index (κ3) is 3.54. The quantitative estimate of drug-likeness (QED) is 0.563. The number of halogens is 1. The van der Waals surface area contributed by atoms with Gasteiger partial charge in [0.15, 0.2) is 0 Å². The van der Waals surface area contributed by atoms with E-state index >= 15 is 0 Å². The maximum atomic E-state index is 13.0. The van der Waals surface area contributed by atoms with Crippen LogP contribution in [0.5, 0.6) is 0 Å². The Hall–Kier alpha value is -2.46. The molecule has 0 aliphatic carbocycles. The number of carbonyl (C=O) groups excluding carboxylic acids is 1. The van der Waals surface area contributed by atoms with Gasteiger partial charge in [-0.25, -0.2) is 9.18 Å². The molecule has 24 heavy (non-hydrogen) atoms. The minimum Gasteiger partial charge on any atom is -0.454 e. The number of benzene rings is 2. The van der Waals surface area contributed by atoms with Crippen LogP contribution in [0, 0.1) is 12.7 Å². The second-order valence-corrected chi connectivity index (χ2v) is 6.54. The Morgan fingerprint density at radius 2 is 1.71 bits per heavy atom. The van der Waals surface area contributed by atoms with Crippen molar-refractivity contribution in [3.8, 4) is 11.1 Å². The molecule has 0 N–H and O–H groups in total. The highest BCUT2D eigenvalue weighted by Crippen LogP contribution is 2.30. The summed E-state index contributed by atoms with van der Waals surface area (Å²) in [5.41, 5.74) is 3.79. The number of aryl methyl sites for hydroxylation is 1. The van der Waals surface area contributed by atoms with Crippen LogP contribution < -0.4 is 0 Å². The van der Waals surface area contributed by atoms with E-state index in [0.717, 1.165) is 16.7 Å². The topological polar surface area (TPSA) is 26.3 Å². The Morgan fingerprint density at radius 1 is 1.04 bits per heavy atom. The third-order valence-electron chi connectivity index (χ3n) is 3.84. The molecular weight excluding hydrogens is 323 g/mol. The smallest absolute Gasteiger partial charge is 0.349 e. The van der Waals surface area contributed by atoms with Crippen LogP contribution in [-0.2, 0) is 4.74 Å². The van der Waals surface area contributed by atoms with Crippen molar-refractivity contribution in [2.45, 2.75) is 20.0 Å². The Kier molecular flexibility index (Phi) is 4.76. The van der Waals surface area contributed by atoms with Crippen LogP contribution in [0.2, 0.25) is 0 Å². The largest absolute Gasteiger partial charge is 0.454 e. The van der Waals surface area contributed by atoms with Gasteiger partial charge in [-0.2, -0.15) is 0 Å². The van der Waals surface area contributed by atoms with Crippen LogP contribution in [0.4, 0.5) is 4.39 Å². The van der Waals surface area contributed by atoms with Crippen LogP contribution in [0.25, 0.3) is 11.1 Å². The molecule has 0 saturated carbocycles. The molecule has 3 rings (SSSR count). The molecule has 2 nitrogen and oxygen atoms in total. The minimum atomic E-state index is -0.439. The van der Waals surface area contributed by atoms with E-state index in [1.807, 2.05) is 42.6 Å². The van der Waals surface area contributed by atoms with Gasteiger partial charge in [-0.1, -0.05) is 42.0 Å². The Morgan fingerprint density at radius 3 is 2.38 bits per heavy atom. The van der Waals surface area contributed by atoms with Crippen LogP contribution in [0.3, 0.4) is 0 Å². The van der Waals surface area contributed by atoms with E-state index in [2.05, 4.69) is 0 Å². The van der Waals surface area contributed by atoms with Crippen LogP contribution in [0.1, 0.15) is 33.8 Å². The molecule has 0 bridgehead atoms. The zero-order chi connectivity index (χ0) is 17.1. The molecule has 0 amide bonds. The summed E-state index contributed by atoms with van der Waals surface area (Å²) in [6.45, 7) is 3.81. The molecule has 0 fully saturated rings. The van der Waals surface area contributed by atoms with Gasteiger partial charge in [-0.05, 0) is 48.6 Å². The first-order valence-corrected chi connectivity index (χ1v) is 8.53. The zero-order valence-electron chi connectivity index (χ0n) is 13.5. The van der Waals surface area contributed by atoms with E-state index in [-0.39, 0.29) is 11.8 Å². The molecule has 2 aromatic carbocycles. The number of thiophene rings is 1. The third-order valence-corrected chi connectivity index (χ3v) is 4.73. The Labute approximate surface area is 144 Å². The lowest BCUT2D eigenvalue weighted by Gasteiger charge is -2.14. The van der Waals surface area contributed by atoms with Gasteiger partial charge in [0.2, 0.25) is 0 Å². The normalized spacial score (nSPS) is 12.0. The number of hydrogen-bond acceptors (Lipinski definition) is 3. The lowest BCUT2D eigenvalue weighted by Crippen LogP contribution is -2.08. The molecule has 0 aliphatic heterocycles. The molecule has 0 spiro atoms. The van der Waals surface area contributed by atoms with E-state index in [9.17, 15) is 9.18 Å². The number of rotatable bonds is 4. The van der Waals surface area contributed by atoms with Crippen LogP contribution in [0.15, 0.2) is 60.0 Å². The van der Waals surface area contributed by atoms with Gasteiger partial charge in [0, 0.05) is 5.56 Å². The average Bonchev–Trinajstić information content (AvgIpc) is 3.06. The highest BCUT2D eigenvalue weighted by Gasteiger charge is 2.19. The number of ether oxygens (including phenoxy) is 1. The maximum absolute atomic E-state index is 13.0. The average molecular weight is 340 g/mol. The van der Waals surface area contributed by atoms with Gasteiger partial charge < -0.3 is 4.74 Å². The molecule has 122 valence electrons. The van der Waals surface area contributed by atoms with Crippen molar-refractivity contribution in [2.75, 3.05) is 0 Å². The number of esters is 1. The zero-order valence-corrected chi connectivity index (χ0v) is 14.3. The molecule has 1 atom stereocenters. The second-order valence-electron chi connectivity index (χ2n) is 5.63. The summed E-state index contributed by atoms with van der Waals surface area (Å²) in [5, 5.41) is 1.88. The molecular formula is C20H17FO2S. The van der Waals surface area contributed by atoms with Gasteiger partial charge in [-0.15, -0.1) is 11.3 Å². The maximum Gasteiger partial charge on any atom is 0.349 e. The predicted octanol–water partition coefficient (Wildman–Crippen LogP) is 5.78. The molecule has 4 heteroatoms. The summed E-state index contributed by atoms with van der Waals surface area (Å²) in [4.78, 5) is 13.1. The van der Waals surface area contributed by atoms with Crippen molar-refractivity contribution in [1.29, 1.82) is 0 Å². The molecule has 0 unspecified atom stereocenters. The summed E-state index contributed by atoms with van der Waals surface area (Å²) in [6.07, 6.45) is -0.439. The molecule has 0 radical (unpaired) electrons. The highest BCUT2D eigenvalue weighted by molar-refractivity contribution is 7.12. The summed E-state index contributed by atoms with van der Waals surface area (Å²) in [6, 6.07) is 15.9. The predicted molar refractivity (Wildman–Crippen MR) is 94.7 cm³/mol. The fraction of sp³-hybridized carbons (Fsp3) is 0.150. The first kappa shape index (κ1) is 16.4. The summed E-state index contributed by atoms with van der Waals surface area (Å²) < 4.78 is 18.6. The first-order valence-electron chi connectivity index (χ1n) is 7.65. The van der Waals surface area contributed by atoms with Crippen molar-refractivity contribution >= 4 is 17.3 Å². The fourth-order valence-corrected chi connectivity index (χ4v) is 3.24. The molecule has 3 aromatic rings. The molecule has 0 saturated heterocycles. The van der Waals surface area contributed by atoms with E-state index in [4.69, 9.17) is 4.74 Å². The highest BCUT2D eigenvalue weighted by atomic mass is 32.1. The van der Waals surface area contributed by atoms with Crippen LogP contribution >= 0.6 is 11.3 Å². The monoisotopic (exact) mass is 340 g/mol. The first-order chi connectivity index (χ1) is 11.5. The van der Waals surface area contributed by atoms with Crippen molar-refractivity contribution in [3.05, 3.63) is 81.8 Å². The van der Waals surface area contributed by atoms with Crippen LogP contribution in [-0.4, -0.2) is 5.97 Å². The van der Waals surface area contributed by atoms with E-state index in [1.54, 1.807) is 19.1 Å². The summed E-state index contributed by atoms with van der Waals surface area (Å²) in [7, 11) is 0. The molecule has 1 heterocycles. The van der Waals surface area contributed by atoms with Crippen molar-refractivity contribution in [2.24, 2.45) is 0 Å². The molecule has 1 aromatic heterocycles. The lowest BCUT2D eigenvalue weighted by molar-refractivity contribution is 0.0344. The van der Waals surface area contributed by atoms with Crippen molar-refractivity contribution in [1.82, 2.24) is 0 Å². The van der Waals surface area contributed by atoms with Gasteiger partial charge >= 0.3 is 5.97 Å². The van der Waals surface area contributed by atoms with Crippen molar-refractivity contribution < 1.29 is 13.9 Å². The number of hydrogen-bond donors (Lipinski definition) is 0. The standard InChI is InChI=1S/C20H17FO2S/c1-13-3-5-16(6-4-13)18-11-12-24-19(18)20(22)23-14(2)15-7-9-17(21)10-8-15/h3-12,14H,1-2H3/t14-/m0/s1. The fourth-order valence-electron chi connectivity index (χ4n) is 2.44. The second kappa shape index (κ2) is 6.97. The van der Waals surface area contributed by atoms with Gasteiger partial charge in [0.05, 0.1) is 0 Å². The van der Waals surface area contributed by atoms with Crippen molar-refractivity contribution in [3.63, 3.8) is 0 Å². The summed E-state index contributed by atoms with van der Waals surface area (Å²) >= 11 is 1.36. The Bertz CT molecular complexity index is 835. The van der Waals surface area contributed by atoms with Gasteiger partial charge in [-0.3, -0.25) is 0 Å². The Balaban J connectivity index is 1.80. The summed E-state index contributed by atoms with van der Waals surface area (Å²) in [5.74, 6) is -0.672. The van der Waals surface area contributed by atoms with E-state index in [0.29, 0.717) is 4.88 Å². The lowest BCUT2D eigenvalue weighted by atomic mass is 10.1. The molecule has 0 aliphatic rings. The SMILES string of the molecule is Cc1ccc(-c2ccsc2C(=O)O[C@@H](C)c2ccc(F)cc2)cc1. The van der Waals surface area contributed by atoms with Gasteiger partial charge in [0.1, 0.15) is 16.8 Å². The number of carbonyl (C=O) groups is 1. The van der Waals surface area contributed by atoms with E-state index in [1.165, 1.54) is 29.0 Å². The van der Waals surface area contributed by atoms with Gasteiger partial charge in [0.25, 0.3) is 0 Å².